The van der Waals surface area contributed by atoms with Gasteiger partial charge in [-0.1, -0.05) is 0 Å². The molecule has 0 unspecified atom stereocenters. The molecule has 0 aliphatic carbocycles. The van der Waals surface area contributed by atoms with Gasteiger partial charge >= 0.3 is 6.18 Å². The Morgan fingerprint density at radius 1 is 1.00 bits per heavy atom. The summed E-state index contributed by atoms with van der Waals surface area (Å²) in [7, 11) is 0. The number of aromatic nitrogens is 4. The van der Waals surface area contributed by atoms with E-state index in [2.05, 4.69) is 25.3 Å². The number of hydrogen-bond acceptors (Lipinski definition) is 5. The van der Waals surface area contributed by atoms with Gasteiger partial charge in [-0.2, -0.15) is 13.2 Å². The van der Waals surface area contributed by atoms with E-state index in [0.29, 0.717) is 5.82 Å². The first-order valence-electron chi connectivity index (χ1n) is 4.49. The fourth-order valence-corrected chi connectivity index (χ4v) is 1.06. The van der Waals surface area contributed by atoms with Crippen LogP contribution in [-0.4, -0.2) is 19.9 Å². The highest BCUT2D eigenvalue weighted by molar-refractivity contribution is 5.49. The normalized spacial score (nSPS) is 11.2. The van der Waals surface area contributed by atoms with Crippen LogP contribution in [0.4, 0.5) is 24.8 Å². The molecule has 2 aromatic rings. The summed E-state index contributed by atoms with van der Waals surface area (Å²) in [6.07, 6.45) is 0.685. The van der Waals surface area contributed by atoms with Gasteiger partial charge in [-0.25, -0.2) is 15.0 Å². The third kappa shape index (κ3) is 2.86. The lowest BCUT2D eigenvalue weighted by Gasteiger charge is -2.07. The van der Waals surface area contributed by atoms with Crippen molar-refractivity contribution in [1.29, 1.82) is 0 Å². The Kier molecular flexibility index (Phi) is 2.86. The molecule has 0 amide bonds. The van der Waals surface area contributed by atoms with Crippen LogP contribution in [0.2, 0.25) is 0 Å². The van der Waals surface area contributed by atoms with Crippen LogP contribution in [0.15, 0.2) is 30.9 Å². The first kappa shape index (κ1) is 11.2. The summed E-state index contributed by atoms with van der Waals surface area (Å²) < 4.78 is 37.0. The summed E-state index contributed by atoms with van der Waals surface area (Å²) in [5, 5.41) is 2.59. The van der Waals surface area contributed by atoms with Gasteiger partial charge in [0.15, 0.2) is 0 Å². The quantitative estimate of drug-likeness (QED) is 0.871. The second-order valence-electron chi connectivity index (χ2n) is 2.98. The Balaban J connectivity index is 2.23. The number of anilines is 2. The van der Waals surface area contributed by atoms with Crippen LogP contribution in [0.5, 0.6) is 0 Å². The highest BCUT2D eigenvalue weighted by Crippen LogP contribution is 2.26. The van der Waals surface area contributed by atoms with E-state index >= 15 is 0 Å². The molecule has 1 N–H and O–H groups in total. The van der Waals surface area contributed by atoms with Crippen molar-refractivity contribution in [3.8, 4) is 0 Å². The fraction of sp³-hybridized carbons (Fsp3) is 0.111. The van der Waals surface area contributed by atoms with E-state index in [9.17, 15) is 13.2 Å². The lowest BCUT2D eigenvalue weighted by atomic mass is 10.5. The van der Waals surface area contributed by atoms with Gasteiger partial charge in [0.25, 0.3) is 0 Å². The smallest absolute Gasteiger partial charge is 0.324 e. The summed E-state index contributed by atoms with van der Waals surface area (Å²) in [6, 6.07) is 1.31. The molecular weight excluding hydrogens is 235 g/mol. The van der Waals surface area contributed by atoms with Crippen LogP contribution in [0.3, 0.4) is 0 Å². The highest BCUT2D eigenvalue weighted by atomic mass is 19.4. The maximum atomic E-state index is 12.3. The van der Waals surface area contributed by atoms with Crippen LogP contribution in [0.1, 0.15) is 5.82 Å². The van der Waals surface area contributed by atoms with Crippen molar-refractivity contribution < 1.29 is 13.2 Å². The molecular formula is C9H6F3N5. The Hall–Kier alpha value is -2.25. The minimum atomic E-state index is -4.57. The first-order chi connectivity index (χ1) is 8.05. The summed E-state index contributed by atoms with van der Waals surface area (Å²) in [4.78, 5) is 14.1. The lowest BCUT2D eigenvalue weighted by molar-refractivity contribution is -0.144. The molecule has 88 valence electrons. The Morgan fingerprint density at radius 3 is 2.47 bits per heavy atom. The number of halogens is 3. The number of nitrogens with one attached hydrogen (secondary N) is 1. The average Bonchev–Trinajstić information content (AvgIpc) is 2.29. The standard InChI is InChI=1S/C9H6F3N5/c10-9(11,12)8-15-2-1-6(17-8)16-7-5-13-3-4-14-7/h1-5H,(H,14,15,16,17). The predicted molar refractivity (Wildman–Crippen MR) is 52.3 cm³/mol. The minimum absolute atomic E-state index is 0.00725. The van der Waals surface area contributed by atoms with Crippen molar-refractivity contribution >= 4 is 11.6 Å². The molecule has 0 fully saturated rings. The van der Waals surface area contributed by atoms with E-state index in [0.717, 1.165) is 6.20 Å². The largest absolute Gasteiger partial charge is 0.451 e. The van der Waals surface area contributed by atoms with E-state index in [-0.39, 0.29) is 5.82 Å². The van der Waals surface area contributed by atoms with E-state index < -0.39 is 12.0 Å². The summed E-state index contributed by atoms with van der Waals surface area (Å²) in [5.74, 6) is -0.890. The van der Waals surface area contributed by atoms with Crippen LogP contribution in [-0.2, 0) is 6.18 Å². The predicted octanol–water partition coefficient (Wildman–Crippen LogP) is 2.03. The Bertz CT molecular complexity index is 499. The fourth-order valence-electron chi connectivity index (χ4n) is 1.06. The second-order valence-corrected chi connectivity index (χ2v) is 2.98. The Labute approximate surface area is 93.8 Å². The molecule has 0 spiro atoms. The van der Waals surface area contributed by atoms with Gasteiger partial charge in [0.05, 0.1) is 6.20 Å². The summed E-state index contributed by atoms with van der Waals surface area (Å²) in [5.41, 5.74) is 0. The molecule has 5 nitrogen and oxygen atoms in total. The minimum Gasteiger partial charge on any atom is -0.324 e. The monoisotopic (exact) mass is 241 g/mol. The maximum Gasteiger partial charge on any atom is 0.451 e. The molecule has 17 heavy (non-hydrogen) atoms. The van der Waals surface area contributed by atoms with E-state index in [1.807, 2.05) is 0 Å². The van der Waals surface area contributed by atoms with Gasteiger partial charge in [0.1, 0.15) is 11.6 Å². The van der Waals surface area contributed by atoms with Gasteiger partial charge in [-0.05, 0) is 6.07 Å². The average molecular weight is 241 g/mol. The van der Waals surface area contributed by atoms with Crippen LogP contribution >= 0.6 is 0 Å². The first-order valence-corrected chi connectivity index (χ1v) is 4.49. The van der Waals surface area contributed by atoms with Gasteiger partial charge in [-0.3, -0.25) is 4.98 Å². The Morgan fingerprint density at radius 2 is 1.82 bits per heavy atom. The molecule has 8 heteroatoms. The van der Waals surface area contributed by atoms with E-state index in [1.165, 1.54) is 24.7 Å². The van der Waals surface area contributed by atoms with Gasteiger partial charge < -0.3 is 5.32 Å². The van der Waals surface area contributed by atoms with Crippen LogP contribution in [0.25, 0.3) is 0 Å². The highest BCUT2D eigenvalue weighted by Gasteiger charge is 2.34. The van der Waals surface area contributed by atoms with Crippen LogP contribution in [0, 0.1) is 0 Å². The van der Waals surface area contributed by atoms with Gasteiger partial charge in [-0.15, -0.1) is 0 Å². The van der Waals surface area contributed by atoms with Crippen LogP contribution < -0.4 is 5.32 Å². The maximum absolute atomic E-state index is 12.3. The lowest BCUT2D eigenvalue weighted by Crippen LogP contribution is -2.11. The topological polar surface area (TPSA) is 63.6 Å². The zero-order valence-electron chi connectivity index (χ0n) is 8.31. The zero-order chi connectivity index (χ0) is 12.3. The van der Waals surface area contributed by atoms with Gasteiger partial charge in [0, 0.05) is 18.6 Å². The molecule has 0 saturated carbocycles. The summed E-state index contributed by atoms with van der Waals surface area (Å²) >= 11 is 0. The molecule has 0 bridgehead atoms. The van der Waals surface area contributed by atoms with Crippen molar-refractivity contribution in [2.75, 3.05) is 5.32 Å². The third-order valence-electron chi connectivity index (χ3n) is 1.73. The van der Waals surface area contributed by atoms with Crippen molar-refractivity contribution in [2.45, 2.75) is 6.18 Å². The zero-order valence-corrected chi connectivity index (χ0v) is 8.31. The molecule has 2 heterocycles. The van der Waals surface area contributed by atoms with Gasteiger partial charge in [0.2, 0.25) is 5.82 Å². The molecule has 0 radical (unpaired) electrons. The molecule has 0 atom stereocenters. The molecule has 0 aliphatic rings. The van der Waals surface area contributed by atoms with E-state index in [4.69, 9.17) is 0 Å². The molecule has 0 aromatic carbocycles. The second kappa shape index (κ2) is 4.32. The number of nitrogens with zero attached hydrogens (tertiary/aromatic N) is 4. The van der Waals surface area contributed by atoms with Crippen molar-refractivity contribution in [3.05, 3.63) is 36.7 Å². The molecule has 0 aliphatic heterocycles. The van der Waals surface area contributed by atoms with Crippen molar-refractivity contribution in [2.24, 2.45) is 0 Å². The molecule has 0 saturated heterocycles. The number of alkyl halides is 3. The van der Waals surface area contributed by atoms with Crippen molar-refractivity contribution in [3.63, 3.8) is 0 Å². The number of hydrogen-bond donors (Lipinski definition) is 1. The third-order valence-corrected chi connectivity index (χ3v) is 1.73. The van der Waals surface area contributed by atoms with Crippen molar-refractivity contribution in [1.82, 2.24) is 19.9 Å². The molecule has 2 rings (SSSR count). The molecule has 2 aromatic heterocycles. The summed E-state index contributed by atoms with van der Waals surface area (Å²) in [6.45, 7) is 0. The number of rotatable bonds is 2. The SMILES string of the molecule is FC(F)(F)c1nccc(Nc2cnccn2)n1. The van der Waals surface area contributed by atoms with E-state index in [1.54, 1.807) is 0 Å².